The van der Waals surface area contributed by atoms with E-state index >= 15 is 0 Å². The van der Waals surface area contributed by atoms with Gasteiger partial charge < -0.3 is 14.9 Å². The second kappa shape index (κ2) is 3.96. The summed E-state index contributed by atoms with van der Waals surface area (Å²) in [6.07, 6.45) is 0. The SMILES string of the molecule is COCC(N)c1nc2cc(F)ccc2o1. The van der Waals surface area contributed by atoms with Crippen molar-refractivity contribution in [3.63, 3.8) is 0 Å². The summed E-state index contributed by atoms with van der Waals surface area (Å²) in [4.78, 5) is 4.08. The van der Waals surface area contributed by atoms with Crippen LogP contribution in [0.25, 0.3) is 11.1 Å². The first-order valence-corrected chi connectivity index (χ1v) is 4.51. The van der Waals surface area contributed by atoms with Gasteiger partial charge in [-0.1, -0.05) is 0 Å². The zero-order valence-electron chi connectivity index (χ0n) is 8.24. The van der Waals surface area contributed by atoms with Gasteiger partial charge in [-0.25, -0.2) is 9.37 Å². The van der Waals surface area contributed by atoms with Crippen molar-refractivity contribution in [1.29, 1.82) is 0 Å². The third-order valence-corrected chi connectivity index (χ3v) is 2.03. The van der Waals surface area contributed by atoms with Crippen molar-refractivity contribution < 1.29 is 13.5 Å². The van der Waals surface area contributed by atoms with Crippen LogP contribution in [-0.2, 0) is 4.74 Å². The number of methoxy groups -OCH3 is 1. The minimum absolute atomic E-state index is 0.315. The molecule has 0 aliphatic carbocycles. The van der Waals surface area contributed by atoms with Gasteiger partial charge in [-0.2, -0.15) is 0 Å². The minimum Gasteiger partial charge on any atom is -0.439 e. The van der Waals surface area contributed by atoms with Crippen LogP contribution in [0.1, 0.15) is 11.9 Å². The highest BCUT2D eigenvalue weighted by atomic mass is 19.1. The number of nitrogens with two attached hydrogens (primary N) is 1. The van der Waals surface area contributed by atoms with Gasteiger partial charge in [0, 0.05) is 13.2 Å². The molecule has 80 valence electrons. The number of aromatic nitrogens is 1. The zero-order valence-corrected chi connectivity index (χ0v) is 8.24. The van der Waals surface area contributed by atoms with E-state index in [1.807, 2.05) is 0 Å². The second-order valence-corrected chi connectivity index (χ2v) is 3.23. The van der Waals surface area contributed by atoms with Crippen molar-refractivity contribution in [2.75, 3.05) is 13.7 Å². The smallest absolute Gasteiger partial charge is 0.214 e. The Kier molecular flexibility index (Phi) is 2.66. The Bertz CT molecular complexity index is 469. The number of hydrogen-bond donors (Lipinski definition) is 1. The summed E-state index contributed by atoms with van der Waals surface area (Å²) in [6.45, 7) is 0.315. The molecule has 15 heavy (non-hydrogen) atoms. The molecule has 0 aliphatic heterocycles. The Hall–Kier alpha value is -1.46. The van der Waals surface area contributed by atoms with Gasteiger partial charge in [0.1, 0.15) is 17.4 Å². The maximum absolute atomic E-state index is 12.9. The Morgan fingerprint density at radius 1 is 1.60 bits per heavy atom. The molecule has 1 aromatic carbocycles. The number of hydrogen-bond acceptors (Lipinski definition) is 4. The highest BCUT2D eigenvalue weighted by Gasteiger charge is 2.13. The molecule has 1 unspecified atom stereocenters. The summed E-state index contributed by atoms with van der Waals surface area (Å²) < 4.78 is 23.1. The number of oxazole rings is 1. The molecule has 1 heterocycles. The van der Waals surface area contributed by atoms with Crippen molar-refractivity contribution in [3.05, 3.63) is 29.9 Å². The largest absolute Gasteiger partial charge is 0.439 e. The molecule has 0 bridgehead atoms. The molecular formula is C10H11FN2O2. The number of benzene rings is 1. The summed E-state index contributed by atoms with van der Waals surface area (Å²) in [5.74, 6) is 0.0140. The zero-order chi connectivity index (χ0) is 10.8. The average Bonchev–Trinajstić information content (AvgIpc) is 2.60. The maximum atomic E-state index is 12.9. The van der Waals surface area contributed by atoms with E-state index in [2.05, 4.69) is 4.98 Å². The molecule has 5 heteroatoms. The topological polar surface area (TPSA) is 61.3 Å². The molecule has 1 atom stereocenters. The highest BCUT2D eigenvalue weighted by molar-refractivity contribution is 5.72. The van der Waals surface area contributed by atoms with Crippen LogP contribution in [0.4, 0.5) is 4.39 Å². The Labute approximate surface area is 85.8 Å². The van der Waals surface area contributed by atoms with Crippen LogP contribution in [0.3, 0.4) is 0 Å². The summed E-state index contributed by atoms with van der Waals surface area (Å²) in [6, 6.07) is 3.73. The van der Waals surface area contributed by atoms with E-state index in [0.29, 0.717) is 23.6 Å². The molecule has 0 aliphatic rings. The van der Waals surface area contributed by atoms with Crippen LogP contribution in [0.2, 0.25) is 0 Å². The molecule has 2 N–H and O–H groups in total. The predicted octanol–water partition coefficient (Wildman–Crippen LogP) is 1.61. The molecule has 0 amide bonds. The van der Waals surface area contributed by atoms with Crippen molar-refractivity contribution >= 4 is 11.1 Å². The number of rotatable bonds is 3. The summed E-state index contributed by atoms with van der Waals surface area (Å²) in [7, 11) is 1.54. The van der Waals surface area contributed by atoms with Gasteiger partial charge in [-0.3, -0.25) is 0 Å². The van der Waals surface area contributed by atoms with E-state index in [1.54, 1.807) is 7.11 Å². The number of ether oxygens (including phenoxy) is 1. The monoisotopic (exact) mass is 210 g/mol. The number of nitrogens with zero attached hydrogens (tertiary/aromatic N) is 1. The van der Waals surface area contributed by atoms with Gasteiger partial charge in [0.15, 0.2) is 5.58 Å². The van der Waals surface area contributed by atoms with Crippen LogP contribution in [0.15, 0.2) is 22.6 Å². The standard InChI is InChI=1S/C10H11FN2O2/c1-14-5-7(12)10-13-8-4-6(11)2-3-9(8)15-10/h2-4,7H,5,12H2,1H3. The summed E-state index contributed by atoms with van der Waals surface area (Å²) in [5.41, 5.74) is 6.73. The lowest BCUT2D eigenvalue weighted by Crippen LogP contribution is -2.16. The van der Waals surface area contributed by atoms with Crippen molar-refractivity contribution in [2.24, 2.45) is 5.73 Å². The van der Waals surface area contributed by atoms with Gasteiger partial charge in [0.25, 0.3) is 0 Å². The lowest BCUT2D eigenvalue weighted by Gasteiger charge is -2.03. The number of fused-ring (bicyclic) bond motifs is 1. The van der Waals surface area contributed by atoms with Gasteiger partial charge >= 0.3 is 0 Å². The van der Waals surface area contributed by atoms with Gasteiger partial charge in [0.05, 0.1) is 6.61 Å². The Morgan fingerprint density at radius 3 is 3.13 bits per heavy atom. The van der Waals surface area contributed by atoms with E-state index in [9.17, 15) is 4.39 Å². The quantitative estimate of drug-likeness (QED) is 0.836. The van der Waals surface area contributed by atoms with Crippen LogP contribution >= 0.6 is 0 Å². The van der Waals surface area contributed by atoms with Crippen LogP contribution in [0, 0.1) is 5.82 Å². The molecule has 0 saturated carbocycles. The fourth-order valence-corrected chi connectivity index (χ4v) is 1.33. The third-order valence-electron chi connectivity index (χ3n) is 2.03. The van der Waals surface area contributed by atoms with Crippen LogP contribution in [0.5, 0.6) is 0 Å². The van der Waals surface area contributed by atoms with Crippen LogP contribution < -0.4 is 5.73 Å². The number of halogens is 1. The van der Waals surface area contributed by atoms with Crippen molar-refractivity contribution in [1.82, 2.24) is 4.98 Å². The molecule has 4 nitrogen and oxygen atoms in total. The van der Waals surface area contributed by atoms with E-state index < -0.39 is 6.04 Å². The van der Waals surface area contributed by atoms with Crippen molar-refractivity contribution in [3.8, 4) is 0 Å². The molecule has 0 radical (unpaired) electrons. The molecule has 1 aromatic heterocycles. The molecule has 2 aromatic rings. The van der Waals surface area contributed by atoms with Crippen molar-refractivity contribution in [2.45, 2.75) is 6.04 Å². The van der Waals surface area contributed by atoms with E-state index in [0.717, 1.165) is 0 Å². The Morgan fingerprint density at radius 2 is 2.40 bits per heavy atom. The van der Waals surface area contributed by atoms with E-state index in [1.165, 1.54) is 18.2 Å². The maximum Gasteiger partial charge on any atom is 0.214 e. The second-order valence-electron chi connectivity index (χ2n) is 3.23. The van der Waals surface area contributed by atoms with Crippen LogP contribution in [-0.4, -0.2) is 18.7 Å². The fourth-order valence-electron chi connectivity index (χ4n) is 1.33. The molecule has 0 fully saturated rings. The minimum atomic E-state index is -0.425. The highest BCUT2D eigenvalue weighted by Crippen LogP contribution is 2.19. The van der Waals surface area contributed by atoms with Gasteiger partial charge in [-0.15, -0.1) is 0 Å². The Balaban J connectivity index is 2.38. The summed E-state index contributed by atoms with van der Waals surface area (Å²) >= 11 is 0. The molecular weight excluding hydrogens is 199 g/mol. The first-order chi connectivity index (χ1) is 7.20. The normalized spacial score (nSPS) is 13.3. The lowest BCUT2D eigenvalue weighted by molar-refractivity contribution is 0.171. The van der Waals surface area contributed by atoms with Gasteiger partial charge in [0.2, 0.25) is 5.89 Å². The summed E-state index contributed by atoms with van der Waals surface area (Å²) in [5, 5.41) is 0. The lowest BCUT2D eigenvalue weighted by atomic mass is 10.3. The van der Waals surface area contributed by atoms with E-state index in [-0.39, 0.29) is 5.82 Å². The fraction of sp³-hybridized carbons (Fsp3) is 0.300. The third kappa shape index (κ3) is 1.98. The predicted molar refractivity (Wildman–Crippen MR) is 52.8 cm³/mol. The first-order valence-electron chi connectivity index (χ1n) is 4.51. The molecule has 0 saturated heterocycles. The first kappa shape index (κ1) is 10.1. The van der Waals surface area contributed by atoms with E-state index in [4.69, 9.17) is 14.9 Å². The molecule has 2 rings (SSSR count). The average molecular weight is 210 g/mol. The van der Waals surface area contributed by atoms with Gasteiger partial charge in [-0.05, 0) is 12.1 Å². The molecule has 0 spiro atoms.